The Morgan fingerprint density at radius 1 is 1.52 bits per heavy atom. The molecule has 1 atom stereocenters. The third-order valence-corrected chi connectivity index (χ3v) is 2.70. The average Bonchev–Trinajstić information content (AvgIpc) is 2.44. The van der Waals surface area contributed by atoms with Crippen molar-refractivity contribution in [2.45, 2.75) is 19.4 Å². The molecule has 8 heteroatoms. The van der Waals surface area contributed by atoms with Gasteiger partial charge in [-0.1, -0.05) is 0 Å². The molecule has 0 bridgehead atoms. The summed E-state index contributed by atoms with van der Waals surface area (Å²) in [5.41, 5.74) is -0.452. The summed E-state index contributed by atoms with van der Waals surface area (Å²) >= 11 is 0. The van der Waals surface area contributed by atoms with E-state index in [4.69, 9.17) is 9.47 Å². The second-order valence-corrected chi connectivity index (χ2v) is 4.10. The van der Waals surface area contributed by atoms with Gasteiger partial charge in [-0.2, -0.15) is 0 Å². The summed E-state index contributed by atoms with van der Waals surface area (Å²) in [5.74, 6) is -1.18. The minimum Gasteiger partial charge on any atom is -0.487 e. The Bertz CT molecular complexity index is 509. The van der Waals surface area contributed by atoms with Crippen LogP contribution in [0.25, 0.3) is 0 Å². The van der Waals surface area contributed by atoms with Crippen molar-refractivity contribution in [1.29, 1.82) is 0 Å². The van der Waals surface area contributed by atoms with Gasteiger partial charge in [-0.15, -0.1) is 0 Å². The van der Waals surface area contributed by atoms with Crippen LogP contribution < -0.4 is 10.1 Å². The monoisotopic (exact) mass is 300 g/mol. The summed E-state index contributed by atoms with van der Waals surface area (Å²) in [6, 6.07) is 2.48. The topological polar surface area (TPSA) is 90.7 Å². The molecule has 0 aliphatic heterocycles. The molecule has 0 aliphatic carbocycles. The van der Waals surface area contributed by atoms with Crippen molar-refractivity contribution in [3.8, 4) is 5.75 Å². The maximum absolute atomic E-state index is 13.0. The number of nitro benzene ring substituents is 1. The van der Waals surface area contributed by atoms with Gasteiger partial charge in [0.15, 0.2) is 5.75 Å². The number of rotatable bonds is 8. The number of carbonyl (C=O) groups is 1. The predicted octanol–water partition coefficient (Wildman–Crippen LogP) is 1.65. The lowest BCUT2D eigenvalue weighted by molar-refractivity contribution is -0.386. The fourth-order valence-corrected chi connectivity index (χ4v) is 1.66. The summed E-state index contributed by atoms with van der Waals surface area (Å²) in [6.07, 6.45) is 0.268. The Kier molecular flexibility index (Phi) is 6.54. The van der Waals surface area contributed by atoms with Gasteiger partial charge in [0.2, 0.25) is 0 Å². The molecule has 1 aromatic rings. The van der Waals surface area contributed by atoms with E-state index in [0.717, 1.165) is 12.1 Å². The minimum absolute atomic E-state index is 0.0416. The second kappa shape index (κ2) is 8.15. The second-order valence-electron chi connectivity index (χ2n) is 4.10. The van der Waals surface area contributed by atoms with Crippen molar-refractivity contribution in [3.63, 3.8) is 0 Å². The van der Waals surface area contributed by atoms with E-state index in [9.17, 15) is 19.3 Å². The molecule has 1 N–H and O–H groups in total. The van der Waals surface area contributed by atoms with Gasteiger partial charge < -0.3 is 14.8 Å². The highest BCUT2D eigenvalue weighted by atomic mass is 19.1. The number of esters is 1. The van der Waals surface area contributed by atoms with Crippen LogP contribution >= 0.6 is 0 Å². The summed E-state index contributed by atoms with van der Waals surface area (Å²) in [6.45, 7) is 2.01. The van der Waals surface area contributed by atoms with Crippen LogP contribution in [0.3, 0.4) is 0 Å². The van der Waals surface area contributed by atoms with Gasteiger partial charge in [0, 0.05) is 6.42 Å². The molecular weight excluding hydrogens is 283 g/mol. The number of hydrogen-bond acceptors (Lipinski definition) is 6. The van der Waals surface area contributed by atoms with Crippen LogP contribution in [-0.4, -0.2) is 37.2 Å². The van der Waals surface area contributed by atoms with Crippen LogP contribution in [0.2, 0.25) is 0 Å². The number of benzene rings is 1. The highest BCUT2D eigenvalue weighted by Crippen LogP contribution is 2.27. The van der Waals surface area contributed by atoms with Gasteiger partial charge in [-0.25, -0.2) is 4.39 Å². The molecule has 0 fully saturated rings. The summed E-state index contributed by atoms with van der Waals surface area (Å²) in [4.78, 5) is 21.6. The molecule has 0 amide bonds. The molecule has 0 aromatic heterocycles. The summed E-state index contributed by atoms with van der Waals surface area (Å²) < 4.78 is 23.1. The number of hydrogen-bond donors (Lipinski definition) is 1. The van der Waals surface area contributed by atoms with Crippen LogP contribution in [-0.2, 0) is 9.53 Å². The number of nitrogens with one attached hydrogen (secondary N) is 1. The van der Waals surface area contributed by atoms with Gasteiger partial charge in [0.05, 0.1) is 24.2 Å². The molecular formula is C13H17FN2O5. The molecule has 1 aromatic carbocycles. The summed E-state index contributed by atoms with van der Waals surface area (Å²) in [7, 11) is 1.60. The first kappa shape index (κ1) is 16.8. The van der Waals surface area contributed by atoms with Crippen molar-refractivity contribution >= 4 is 11.7 Å². The normalized spacial score (nSPS) is 11.8. The molecule has 1 rings (SSSR count). The van der Waals surface area contributed by atoms with Crippen molar-refractivity contribution in [2.75, 3.05) is 20.3 Å². The molecule has 7 nitrogen and oxygen atoms in total. The van der Waals surface area contributed by atoms with Gasteiger partial charge in [0.1, 0.15) is 11.9 Å². The minimum atomic E-state index is -0.723. The molecule has 0 heterocycles. The average molecular weight is 300 g/mol. The molecule has 0 spiro atoms. The number of carbonyl (C=O) groups excluding carboxylic acids is 1. The Morgan fingerprint density at radius 3 is 2.81 bits per heavy atom. The van der Waals surface area contributed by atoms with E-state index in [-0.39, 0.29) is 25.4 Å². The lowest BCUT2D eigenvalue weighted by Crippen LogP contribution is -2.36. The van der Waals surface area contributed by atoms with Gasteiger partial charge >= 0.3 is 11.7 Å². The maximum atomic E-state index is 13.0. The predicted molar refractivity (Wildman–Crippen MR) is 72.6 cm³/mol. The Morgan fingerprint density at radius 2 is 2.24 bits per heavy atom. The third-order valence-electron chi connectivity index (χ3n) is 2.70. The van der Waals surface area contributed by atoms with Crippen LogP contribution in [0.15, 0.2) is 18.2 Å². The van der Waals surface area contributed by atoms with Crippen molar-refractivity contribution in [2.24, 2.45) is 0 Å². The number of nitro groups is 1. The van der Waals surface area contributed by atoms with Crippen molar-refractivity contribution < 1.29 is 23.6 Å². The largest absolute Gasteiger partial charge is 0.487 e. The smallest absolute Gasteiger partial charge is 0.323 e. The number of halogens is 1. The molecule has 0 saturated carbocycles. The van der Waals surface area contributed by atoms with Crippen molar-refractivity contribution in [1.82, 2.24) is 5.32 Å². The Hall–Kier alpha value is -2.22. The zero-order chi connectivity index (χ0) is 15.8. The van der Waals surface area contributed by atoms with E-state index in [2.05, 4.69) is 5.32 Å². The first-order chi connectivity index (χ1) is 9.99. The lowest BCUT2D eigenvalue weighted by Gasteiger charge is -2.15. The molecule has 0 saturated heterocycles. The van der Waals surface area contributed by atoms with Crippen LogP contribution in [0, 0.1) is 15.9 Å². The quantitative estimate of drug-likeness (QED) is 0.446. The van der Waals surface area contributed by atoms with E-state index < -0.39 is 28.4 Å². The third kappa shape index (κ3) is 4.99. The SMILES string of the molecule is CCOC(=O)C(CCOc1ccc(F)cc1[N+](=O)[O-])NC. The molecule has 116 valence electrons. The molecule has 21 heavy (non-hydrogen) atoms. The zero-order valence-corrected chi connectivity index (χ0v) is 11.8. The van der Waals surface area contributed by atoms with Crippen molar-refractivity contribution in [3.05, 3.63) is 34.1 Å². The Labute approximate surface area is 121 Å². The molecule has 0 radical (unpaired) electrons. The Balaban J connectivity index is 2.63. The van der Waals surface area contributed by atoms with Crippen LogP contribution in [0.1, 0.15) is 13.3 Å². The zero-order valence-electron chi connectivity index (χ0n) is 11.8. The molecule has 1 unspecified atom stereocenters. The number of nitrogens with zero attached hydrogens (tertiary/aromatic N) is 1. The van der Waals surface area contributed by atoms with E-state index in [0.29, 0.717) is 0 Å². The summed E-state index contributed by atoms with van der Waals surface area (Å²) in [5, 5.41) is 13.6. The highest BCUT2D eigenvalue weighted by Gasteiger charge is 2.20. The van der Waals surface area contributed by atoms with Gasteiger partial charge in [-0.05, 0) is 26.1 Å². The fourth-order valence-electron chi connectivity index (χ4n) is 1.66. The van der Waals surface area contributed by atoms with E-state index in [1.54, 1.807) is 14.0 Å². The maximum Gasteiger partial charge on any atom is 0.323 e. The number of ether oxygens (including phenoxy) is 2. The van der Waals surface area contributed by atoms with Gasteiger partial charge in [0.25, 0.3) is 0 Å². The molecule has 0 aliphatic rings. The number of likely N-dealkylation sites (N-methyl/N-ethyl adjacent to an activating group) is 1. The van der Waals surface area contributed by atoms with Crippen LogP contribution in [0.5, 0.6) is 5.75 Å². The van der Waals surface area contributed by atoms with Crippen LogP contribution in [0.4, 0.5) is 10.1 Å². The first-order valence-corrected chi connectivity index (χ1v) is 6.40. The highest BCUT2D eigenvalue weighted by molar-refractivity contribution is 5.75. The fraction of sp³-hybridized carbons (Fsp3) is 0.462. The van der Waals surface area contributed by atoms with E-state index >= 15 is 0 Å². The first-order valence-electron chi connectivity index (χ1n) is 6.40. The van der Waals surface area contributed by atoms with E-state index in [1.807, 2.05) is 0 Å². The van der Waals surface area contributed by atoms with Gasteiger partial charge in [-0.3, -0.25) is 14.9 Å². The van der Waals surface area contributed by atoms with E-state index in [1.165, 1.54) is 6.07 Å². The standard InChI is InChI=1S/C13H17FN2O5/c1-3-20-13(17)10(15-2)6-7-21-12-5-4-9(14)8-11(12)16(18)19/h4-5,8,10,15H,3,6-7H2,1-2H3. The lowest BCUT2D eigenvalue weighted by atomic mass is 10.2.